The summed E-state index contributed by atoms with van der Waals surface area (Å²) in [7, 11) is 1.67. The molecule has 3 rings (SSSR count). The number of anilines is 1. The molecule has 0 aliphatic carbocycles. The Hall–Kier alpha value is -2.70. The van der Waals surface area contributed by atoms with E-state index in [1.807, 2.05) is 60.0 Å². The van der Waals surface area contributed by atoms with Crippen LogP contribution < -0.4 is 11.1 Å². The first-order valence-electron chi connectivity index (χ1n) is 7.90. The Morgan fingerprint density at radius 1 is 1.16 bits per heavy atom. The second-order valence-electron chi connectivity index (χ2n) is 5.41. The van der Waals surface area contributed by atoms with Gasteiger partial charge in [0.15, 0.2) is 5.96 Å². The molecular weight excluding hydrogens is 332 g/mol. The van der Waals surface area contributed by atoms with Crippen LogP contribution in [0.3, 0.4) is 0 Å². The molecule has 5 nitrogen and oxygen atoms in total. The average Bonchev–Trinajstić information content (AvgIpc) is 3.12. The predicted octanol–water partition coefficient (Wildman–Crippen LogP) is 3.88. The van der Waals surface area contributed by atoms with Gasteiger partial charge in [-0.3, -0.25) is 0 Å². The molecule has 0 spiro atoms. The normalized spacial score (nSPS) is 11.5. The van der Waals surface area contributed by atoms with Crippen LogP contribution >= 0.6 is 11.3 Å². The third kappa shape index (κ3) is 4.65. The highest BCUT2D eigenvalue weighted by Crippen LogP contribution is 2.22. The number of nitrogens with one attached hydrogen (secondary N) is 1. The highest BCUT2D eigenvalue weighted by molar-refractivity contribution is 7.09. The minimum atomic E-state index is 0.361. The maximum absolute atomic E-state index is 6.01. The van der Waals surface area contributed by atoms with E-state index in [-0.39, 0.29) is 0 Å². The number of guanidine groups is 1. The Morgan fingerprint density at radius 3 is 2.72 bits per heavy atom. The van der Waals surface area contributed by atoms with E-state index in [9.17, 15) is 0 Å². The van der Waals surface area contributed by atoms with E-state index >= 15 is 0 Å². The number of benzene rings is 2. The first kappa shape index (κ1) is 17.1. The lowest BCUT2D eigenvalue weighted by Gasteiger charge is -2.10. The van der Waals surface area contributed by atoms with Crippen LogP contribution in [0, 0.1) is 0 Å². The van der Waals surface area contributed by atoms with Gasteiger partial charge in [-0.1, -0.05) is 48.5 Å². The Kier molecular flexibility index (Phi) is 5.77. The van der Waals surface area contributed by atoms with E-state index in [0.717, 1.165) is 27.5 Å². The molecule has 0 atom stereocenters. The van der Waals surface area contributed by atoms with E-state index in [2.05, 4.69) is 15.3 Å². The van der Waals surface area contributed by atoms with Gasteiger partial charge in [-0.25, -0.2) is 9.98 Å². The van der Waals surface area contributed by atoms with E-state index < -0.39 is 0 Å². The van der Waals surface area contributed by atoms with E-state index in [4.69, 9.17) is 10.5 Å². The molecule has 3 N–H and O–H groups in total. The number of methoxy groups -OCH3 is 1. The van der Waals surface area contributed by atoms with Crippen LogP contribution in [0.15, 0.2) is 65.0 Å². The summed E-state index contributed by atoms with van der Waals surface area (Å²) in [5.41, 5.74) is 10.0. The van der Waals surface area contributed by atoms with Crippen molar-refractivity contribution >= 4 is 23.0 Å². The van der Waals surface area contributed by atoms with Crippen molar-refractivity contribution in [2.45, 2.75) is 13.2 Å². The highest BCUT2D eigenvalue weighted by Gasteiger charge is 2.05. The Labute approximate surface area is 151 Å². The Bertz CT molecular complexity index is 845. The van der Waals surface area contributed by atoms with Crippen LogP contribution in [0.25, 0.3) is 11.3 Å². The number of nitrogens with two attached hydrogens (primary N) is 1. The molecule has 1 heterocycles. The summed E-state index contributed by atoms with van der Waals surface area (Å²) in [6, 6.07) is 18.0. The number of aliphatic imine (C=N–C) groups is 1. The number of ether oxygens (including phenoxy) is 1. The van der Waals surface area contributed by atoms with Crippen LogP contribution in [-0.4, -0.2) is 18.1 Å². The monoisotopic (exact) mass is 352 g/mol. The molecular formula is C19H20N4OS. The molecule has 2 aromatic carbocycles. The zero-order valence-corrected chi connectivity index (χ0v) is 14.8. The van der Waals surface area contributed by atoms with Crippen LogP contribution in [0.4, 0.5) is 5.69 Å². The Morgan fingerprint density at radius 2 is 1.92 bits per heavy atom. The van der Waals surface area contributed by atoms with Gasteiger partial charge in [0, 0.05) is 29.3 Å². The molecule has 3 aromatic rings. The van der Waals surface area contributed by atoms with Crippen LogP contribution in [0.1, 0.15) is 10.6 Å². The van der Waals surface area contributed by atoms with Crippen molar-refractivity contribution in [1.29, 1.82) is 0 Å². The summed E-state index contributed by atoms with van der Waals surface area (Å²) in [6.45, 7) is 0.964. The van der Waals surface area contributed by atoms with Crippen molar-refractivity contribution in [1.82, 2.24) is 4.98 Å². The molecule has 0 fully saturated rings. The molecule has 0 bridgehead atoms. The van der Waals surface area contributed by atoms with E-state index in [1.165, 1.54) is 0 Å². The fourth-order valence-electron chi connectivity index (χ4n) is 2.38. The van der Waals surface area contributed by atoms with Gasteiger partial charge in [0.2, 0.25) is 0 Å². The fraction of sp³-hybridized carbons (Fsp3) is 0.158. The summed E-state index contributed by atoms with van der Waals surface area (Å²) < 4.78 is 5.20. The quantitative estimate of drug-likeness (QED) is 0.521. The molecule has 0 aliphatic heterocycles. The molecule has 0 radical (unpaired) electrons. The summed E-state index contributed by atoms with van der Waals surface area (Å²) in [5.74, 6) is 0.361. The fourth-order valence-corrected chi connectivity index (χ4v) is 3.11. The predicted molar refractivity (Wildman–Crippen MR) is 104 cm³/mol. The SMILES string of the molecule is COCc1ccccc1NC(N)=NCc1nc(-c2ccccc2)cs1. The lowest BCUT2D eigenvalue weighted by atomic mass is 10.2. The molecule has 1 aromatic heterocycles. The molecule has 0 aliphatic rings. The summed E-state index contributed by atoms with van der Waals surface area (Å²) in [4.78, 5) is 9.00. The van der Waals surface area contributed by atoms with Gasteiger partial charge < -0.3 is 15.8 Å². The van der Waals surface area contributed by atoms with Gasteiger partial charge in [-0.15, -0.1) is 11.3 Å². The van der Waals surface area contributed by atoms with Gasteiger partial charge in [-0.05, 0) is 6.07 Å². The second-order valence-corrected chi connectivity index (χ2v) is 6.35. The zero-order valence-electron chi connectivity index (χ0n) is 14.0. The minimum absolute atomic E-state index is 0.361. The minimum Gasteiger partial charge on any atom is -0.380 e. The molecule has 0 unspecified atom stereocenters. The molecule has 0 amide bonds. The van der Waals surface area contributed by atoms with Gasteiger partial charge in [0.05, 0.1) is 18.8 Å². The number of para-hydroxylation sites is 1. The van der Waals surface area contributed by atoms with E-state index in [1.54, 1.807) is 18.4 Å². The summed E-state index contributed by atoms with van der Waals surface area (Å²) in [6.07, 6.45) is 0. The van der Waals surface area contributed by atoms with Crippen molar-refractivity contribution in [3.05, 3.63) is 70.5 Å². The average molecular weight is 352 g/mol. The third-order valence-corrected chi connectivity index (χ3v) is 4.42. The number of aromatic nitrogens is 1. The maximum Gasteiger partial charge on any atom is 0.193 e. The molecule has 0 saturated carbocycles. The Balaban J connectivity index is 1.65. The van der Waals surface area contributed by atoms with Crippen molar-refractivity contribution in [2.24, 2.45) is 10.7 Å². The van der Waals surface area contributed by atoms with Crippen molar-refractivity contribution in [3.8, 4) is 11.3 Å². The van der Waals surface area contributed by atoms with Gasteiger partial charge in [0.25, 0.3) is 0 Å². The van der Waals surface area contributed by atoms with Crippen molar-refractivity contribution in [3.63, 3.8) is 0 Å². The van der Waals surface area contributed by atoms with Gasteiger partial charge >= 0.3 is 0 Å². The van der Waals surface area contributed by atoms with Crippen molar-refractivity contribution < 1.29 is 4.74 Å². The maximum atomic E-state index is 6.01. The van der Waals surface area contributed by atoms with Crippen molar-refractivity contribution in [2.75, 3.05) is 12.4 Å². The van der Waals surface area contributed by atoms with Crippen LogP contribution in [0.5, 0.6) is 0 Å². The molecule has 0 saturated heterocycles. The largest absolute Gasteiger partial charge is 0.380 e. The number of hydrogen-bond donors (Lipinski definition) is 2. The third-order valence-electron chi connectivity index (χ3n) is 3.59. The first-order valence-corrected chi connectivity index (χ1v) is 8.78. The number of thiazole rings is 1. The van der Waals surface area contributed by atoms with Crippen LogP contribution in [-0.2, 0) is 17.9 Å². The van der Waals surface area contributed by atoms with E-state index in [0.29, 0.717) is 19.1 Å². The lowest BCUT2D eigenvalue weighted by Crippen LogP contribution is -2.23. The molecule has 6 heteroatoms. The number of hydrogen-bond acceptors (Lipinski definition) is 4. The van der Waals surface area contributed by atoms with Gasteiger partial charge in [-0.2, -0.15) is 0 Å². The van der Waals surface area contributed by atoms with Crippen LogP contribution in [0.2, 0.25) is 0 Å². The highest BCUT2D eigenvalue weighted by atomic mass is 32.1. The smallest absolute Gasteiger partial charge is 0.193 e. The molecule has 128 valence electrons. The standard InChI is InChI=1S/C19H20N4OS/c1-24-12-15-9-5-6-10-16(15)23-19(20)21-11-18-22-17(13-25-18)14-7-3-2-4-8-14/h2-10,13H,11-12H2,1H3,(H3,20,21,23). The zero-order chi connectivity index (χ0) is 17.5. The molecule has 25 heavy (non-hydrogen) atoms. The number of nitrogens with zero attached hydrogens (tertiary/aromatic N) is 2. The summed E-state index contributed by atoms with van der Waals surface area (Å²) in [5, 5.41) is 6.09. The lowest BCUT2D eigenvalue weighted by molar-refractivity contribution is 0.185. The number of rotatable bonds is 6. The second kappa shape index (κ2) is 8.41. The summed E-state index contributed by atoms with van der Waals surface area (Å²) >= 11 is 1.58. The van der Waals surface area contributed by atoms with Gasteiger partial charge in [0.1, 0.15) is 5.01 Å². The first-order chi connectivity index (χ1) is 12.3. The topological polar surface area (TPSA) is 72.5 Å².